The van der Waals surface area contributed by atoms with Crippen molar-refractivity contribution in [3.8, 4) is 23.0 Å². The maximum absolute atomic E-state index is 12.3. The first-order valence-electron chi connectivity index (χ1n) is 12.4. The number of Topliss-reactive ketones (excluding diaryl/α,β-unsaturated/α-hetero) is 1. The van der Waals surface area contributed by atoms with Crippen LogP contribution in [0.4, 0.5) is 0 Å². The number of rotatable bonds is 13. The third-order valence-corrected chi connectivity index (χ3v) is 6.45. The molecule has 3 rings (SSSR count). The lowest BCUT2D eigenvalue weighted by atomic mass is 9.99. The second kappa shape index (κ2) is 13.6. The SMILES string of the molecule is COc1cc(CCC(=O)CC(O)CCc2ccc(O[C@@H]3O[C@H](C(=O)O)[C@@H](O)[C@H](O)[C@H]3O)c(OC)c2)ccc1O. The number of methoxy groups -OCH3 is 2. The molecule has 12 nitrogen and oxygen atoms in total. The molecular formula is C27H34O12. The predicted molar refractivity (Wildman–Crippen MR) is 135 cm³/mol. The highest BCUT2D eigenvalue weighted by Crippen LogP contribution is 2.33. The van der Waals surface area contributed by atoms with Crippen LogP contribution in [0.1, 0.15) is 30.4 Å². The number of phenolic OH excluding ortho intramolecular Hbond substituents is 1. The number of aliphatic hydroxyl groups is 4. The topological polar surface area (TPSA) is 192 Å². The van der Waals surface area contributed by atoms with Gasteiger partial charge in [0.25, 0.3) is 0 Å². The zero-order chi connectivity index (χ0) is 28.7. The number of aliphatic carboxylic acids is 1. The molecule has 0 aliphatic carbocycles. The van der Waals surface area contributed by atoms with Crippen molar-refractivity contribution >= 4 is 11.8 Å². The number of aliphatic hydroxyl groups excluding tert-OH is 4. The summed E-state index contributed by atoms with van der Waals surface area (Å²) in [5.74, 6) is -0.958. The molecule has 0 aromatic heterocycles. The summed E-state index contributed by atoms with van der Waals surface area (Å²) in [5, 5.41) is 59.2. The van der Waals surface area contributed by atoms with Gasteiger partial charge < -0.3 is 49.6 Å². The number of carboxylic acids is 1. The zero-order valence-electron chi connectivity index (χ0n) is 21.6. The molecule has 0 spiro atoms. The van der Waals surface area contributed by atoms with E-state index >= 15 is 0 Å². The Labute approximate surface area is 224 Å². The molecule has 214 valence electrons. The van der Waals surface area contributed by atoms with Crippen molar-refractivity contribution < 1.29 is 59.2 Å². The standard InChI is InChI=1S/C27H34O12/c1-36-20-11-14(5-9-18(20)30)3-7-16(28)13-17(29)8-4-15-6-10-19(21(12-15)37-2)38-27-24(33)22(31)23(32)25(39-27)26(34)35/h5-6,9-12,17,22-25,27,29-33H,3-4,7-8,13H2,1-2H3,(H,34,35)/t17?,22-,23-,24+,25-,27+/m0/s1. The predicted octanol–water partition coefficient (Wildman–Crippen LogP) is 0.566. The van der Waals surface area contributed by atoms with Crippen LogP contribution >= 0.6 is 0 Å². The van der Waals surface area contributed by atoms with Crippen molar-refractivity contribution in [3.63, 3.8) is 0 Å². The number of carbonyl (C=O) groups excluding carboxylic acids is 1. The normalized spacial score (nSPS) is 23.6. The highest BCUT2D eigenvalue weighted by molar-refractivity contribution is 5.79. The average Bonchev–Trinajstić information content (AvgIpc) is 2.91. The second-order valence-corrected chi connectivity index (χ2v) is 9.28. The number of ether oxygens (including phenoxy) is 4. The van der Waals surface area contributed by atoms with E-state index in [1.54, 1.807) is 24.3 Å². The lowest BCUT2D eigenvalue weighted by molar-refractivity contribution is -0.271. The minimum atomic E-state index is -1.84. The van der Waals surface area contributed by atoms with Gasteiger partial charge in [-0.05, 0) is 54.7 Å². The van der Waals surface area contributed by atoms with Crippen LogP contribution in [0.3, 0.4) is 0 Å². The van der Waals surface area contributed by atoms with E-state index in [0.717, 1.165) is 11.1 Å². The first-order valence-corrected chi connectivity index (χ1v) is 12.4. The molecule has 2 aromatic rings. The molecular weight excluding hydrogens is 516 g/mol. The lowest BCUT2D eigenvalue weighted by Gasteiger charge is -2.38. The fourth-order valence-corrected chi connectivity index (χ4v) is 4.20. The van der Waals surface area contributed by atoms with E-state index in [0.29, 0.717) is 25.0 Å². The van der Waals surface area contributed by atoms with Crippen molar-refractivity contribution in [3.05, 3.63) is 47.5 Å². The van der Waals surface area contributed by atoms with Gasteiger partial charge in [-0.15, -0.1) is 0 Å². The fraction of sp³-hybridized carbons (Fsp3) is 0.481. The van der Waals surface area contributed by atoms with E-state index in [-0.39, 0.29) is 35.9 Å². The molecule has 1 unspecified atom stereocenters. The number of aromatic hydroxyl groups is 1. The van der Waals surface area contributed by atoms with Gasteiger partial charge in [0.05, 0.1) is 20.3 Å². The smallest absolute Gasteiger partial charge is 0.335 e. The molecule has 1 heterocycles. The van der Waals surface area contributed by atoms with E-state index in [9.17, 15) is 40.2 Å². The molecule has 1 saturated heterocycles. The summed E-state index contributed by atoms with van der Waals surface area (Å²) < 4.78 is 21.1. The van der Waals surface area contributed by atoms with Crippen molar-refractivity contribution in [2.24, 2.45) is 0 Å². The van der Waals surface area contributed by atoms with Gasteiger partial charge >= 0.3 is 5.97 Å². The number of carbonyl (C=O) groups is 2. The summed E-state index contributed by atoms with van der Waals surface area (Å²) in [6.45, 7) is 0. The highest BCUT2D eigenvalue weighted by atomic mass is 16.7. The first-order chi connectivity index (χ1) is 18.5. The van der Waals surface area contributed by atoms with Gasteiger partial charge in [0.15, 0.2) is 29.1 Å². The molecule has 1 aliphatic rings. The molecule has 39 heavy (non-hydrogen) atoms. The van der Waals surface area contributed by atoms with E-state index < -0.39 is 42.8 Å². The van der Waals surface area contributed by atoms with E-state index in [4.69, 9.17) is 18.9 Å². The van der Waals surface area contributed by atoms with Crippen molar-refractivity contribution in [2.75, 3.05) is 14.2 Å². The number of hydrogen-bond donors (Lipinski definition) is 6. The number of hydrogen-bond acceptors (Lipinski definition) is 11. The number of ketones is 1. The third-order valence-electron chi connectivity index (χ3n) is 6.45. The summed E-state index contributed by atoms with van der Waals surface area (Å²) in [5.41, 5.74) is 1.59. The Hall–Kier alpha value is -3.42. The Bertz CT molecular complexity index is 1140. The molecule has 2 aromatic carbocycles. The van der Waals surface area contributed by atoms with Gasteiger partial charge in [-0.3, -0.25) is 4.79 Å². The van der Waals surface area contributed by atoms with Crippen LogP contribution in [0.25, 0.3) is 0 Å². The van der Waals surface area contributed by atoms with E-state index in [2.05, 4.69) is 0 Å². The van der Waals surface area contributed by atoms with Gasteiger partial charge in [0, 0.05) is 12.8 Å². The van der Waals surface area contributed by atoms with Crippen LogP contribution in [0, 0.1) is 0 Å². The summed E-state index contributed by atoms with van der Waals surface area (Å²) >= 11 is 0. The fourth-order valence-electron chi connectivity index (χ4n) is 4.20. The van der Waals surface area contributed by atoms with Crippen molar-refractivity contribution in [1.82, 2.24) is 0 Å². The minimum Gasteiger partial charge on any atom is -0.504 e. The minimum absolute atomic E-state index is 0.0105. The lowest BCUT2D eigenvalue weighted by Crippen LogP contribution is -2.61. The maximum atomic E-state index is 12.3. The van der Waals surface area contributed by atoms with Crippen molar-refractivity contribution in [2.45, 2.75) is 68.9 Å². The molecule has 1 fully saturated rings. The monoisotopic (exact) mass is 550 g/mol. The molecule has 6 atom stereocenters. The molecule has 0 radical (unpaired) electrons. The second-order valence-electron chi connectivity index (χ2n) is 9.28. The Morgan fingerprint density at radius 1 is 0.897 bits per heavy atom. The Balaban J connectivity index is 1.52. The van der Waals surface area contributed by atoms with Gasteiger partial charge in [-0.25, -0.2) is 4.79 Å². The van der Waals surface area contributed by atoms with Crippen LogP contribution in [0.5, 0.6) is 23.0 Å². The van der Waals surface area contributed by atoms with Crippen LogP contribution in [0.15, 0.2) is 36.4 Å². The van der Waals surface area contributed by atoms with E-state index in [1.807, 2.05) is 0 Å². The average molecular weight is 551 g/mol. The zero-order valence-corrected chi connectivity index (χ0v) is 21.6. The summed E-state index contributed by atoms with van der Waals surface area (Å²) in [4.78, 5) is 23.6. The highest BCUT2D eigenvalue weighted by Gasteiger charge is 2.48. The van der Waals surface area contributed by atoms with Gasteiger partial charge in [0.2, 0.25) is 6.29 Å². The molecule has 0 saturated carbocycles. The van der Waals surface area contributed by atoms with Crippen LogP contribution in [-0.4, -0.2) is 93.4 Å². The first kappa shape index (κ1) is 30.1. The molecule has 12 heteroatoms. The summed E-state index contributed by atoms with van der Waals surface area (Å²) in [6, 6.07) is 9.66. The summed E-state index contributed by atoms with van der Waals surface area (Å²) in [6.07, 6.45) is -8.22. The number of aryl methyl sites for hydroxylation is 2. The van der Waals surface area contributed by atoms with Crippen LogP contribution in [0.2, 0.25) is 0 Å². The van der Waals surface area contributed by atoms with Gasteiger partial charge in [-0.2, -0.15) is 0 Å². The number of benzene rings is 2. The van der Waals surface area contributed by atoms with Gasteiger partial charge in [0.1, 0.15) is 24.1 Å². The Morgan fingerprint density at radius 2 is 1.54 bits per heavy atom. The molecule has 0 amide bonds. The number of phenols is 1. The van der Waals surface area contributed by atoms with Crippen LogP contribution < -0.4 is 14.2 Å². The maximum Gasteiger partial charge on any atom is 0.335 e. The van der Waals surface area contributed by atoms with Crippen LogP contribution in [-0.2, 0) is 27.2 Å². The van der Waals surface area contributed by atoms with Gasteiger partial charge in [-0.1, -0.05) is 12.1 Å². The molecule has 6 N–H and O–H groups in total. The third kappa shape index (κ3) is 7.80. The summed E-state index contributed by atoms with van der Waals surface area (Å²) in [7, 11) is 2.82. The quantitative estimate of drug-likeness (QED) is 0.203. The molecule has 1 aliphatic heterocycles. The largest absolute Gasteiger partial charge is 0.504 e. The Kier molecular flexibility index (Phi) is 10.5. The molecule has 0 bridgehead atoms. The van der Waals surface area contributed by atoms with Crippen molar-refractivity contribution in [1.29, 1.82) is 0 Å². The number of carboxylic acid groups (broad SMARTS) is 1. The van der Waals surface area contributed by atoms with E-state index in [1.165, 1.54) is 26.4 Å². The Morgan fingerprint density at radius 3 is 2.21 bits per heavy atom.